The number of unbranched alkanes of at least 4 members (excludes halogenated alkanes) is 1. The van der Waals surface area contributed by atoms with Gasteiger partial charge in [-0.1, -0.05) is 40.0 Å². The summed E-state index contributed by atoms with van der Waals surface area (Å²) >= 11 is 0. The Balaban J connectivity index is 1.73. The smallest absolute Gasteiger partial charge is 0.0173 e. The first-order valence-corrected chi connectivity index (χ1v) is 7.24. The van der Waals surface area contributed by atoms with Crippen LogP contribution in [0.5, 0.6) is 0 Å². The van der Waals surface area contributed by atoms with Gasteiger partial charge in [0.1, 0.15) is 0 Å². The monoisotopic (exact) mass is 206 g/mol. The molecule has 0 heterocycles. The van der Waals surface area contributed by atoms with Gasteiger partial charge in [-0.05, 0) is 54.3 Å². The first-order valence-electron chi connectivity index (χ1n) is 7.24. The molecule has 5 unspecified atom stereocenters. The van der Waals surface area contributed by atoms with E-state index < -0.39 is 0 Å². The molecule has 0 nitrogen and oxygen atoms in total. The fourth-order valence-corrected chi connectivity index (χ4v) is 5.84. The molecule has 0 bridgehead atoms. The molecule has 0 aromatic rings. The van der Waals surface area contributed by atoms with Crippen LogP contribution in [0.2, 0.25) is 0 Å². The van der Waals surface area contributed by atoms with Gasteiger partial charge in [0.15, 0.2) is 0 Å². The summed E-state index contributed by atoms with van der Waals surface area (Å²) in [6, 6.07) is 0. The molecule has 0 saturated heterocycles. The average molecular weight is 206 g/mol. The fourth-order valence-electron chi connectivity index (χ4n) is 5.84. The van der Waals surface area contributed by atoms with Gasteiger partial charge in [0.25, 0.3) is 0 Å². The Morgan fingerprint density at radius 2 is 2.13 bits per heavy atom. The SMILES string of the molecule is CCCCC(C)C1(CC)C2CC3CCC321. The fraction of sp³-hybridized carbons (Fsp3) is 1.00. The maximum absolute atomic E-state index is 2.56. The Kier molecular flexibility index (Phi) is 2.05. The molecule has 0 aliphatic heterocycles. The second-order valence-corrected chi connectivity index (χ2v) is 6.50. The standard InChI is InChI=1S/C15H26/c1-4-6-7-11(3)14(5-2)13-10-12-8-9-15(12,13)14/h11-13H,4-10H2,1-3H3. The van der Waals surface area contributed by atoms with Gasteiger partial charge >= 0.3 is 0 Å². The summed E-state index contributed by atoms with van der Waals surface area (Å²) < 4.78 is 0. The zero-order valence-electron chi connectivity index (χ0n) is 10.7. The molecule has 3 aliphatic rings. The molecule has 3 rings (SSSR count). The highest BCUT2D eigenvalue weighted by Gasteiger charge is 2.87. The van der Waals surface area contributed by atoms with Gasteiger partial charge in [-0.25, -0.2) is 0 Å². The predicted molar refractivity (Wildman–Crippen MR) is 64.7 cm³/mol. The van der Waals surface area contributed by atoms with E-state index in [4.69, 9.17) is 0 Å². The van der Waals surface area contributed by atoms with Crippen LogP contribution >= 0.6 is 0 Å². The second kappa shape index (κ2) is 3.02. The van der Waals surface area contributed by atoms with Crippen molar-refractivity contribution in [3.63, 3.8) is 0 Å². The summed E-state index contributed by atoms with van der Waals surface area (Å²) in [5.74, 6) is 3.35. The Hall–Kier alpha value is 0. The molecule has 1 spiro atoms. The molecule has 3 fully saturated rings. The summed E-state index contributed by atoms with van der Waals surface area (Å²) in [6.45, 7) is 7.35. The maximum Gasteiger partial charge on any atom is -0.0173 e. The Labute approximate surface area is 94.8 Å². The van der Waals surface area contributed by atoms with Crippen LogP contribution in [0, 0.1) is 28.6 Å². The minimum Gasteiger partial charge on any atom is -0.0654 e. The minimum atomic E-state index is 0.824. The van der Waals surface area contributed by atoms with Gasteiger partial charge in [0.2, 0.25) is 0 Å². The average Bonchev–Trinajstić information content (AvgIpc) is 2.84. The van der Waals surface area contributed by atoms with Crippen LogP contribution in [0.25, 0.3) is 0 Å². The number of rotatable bonds is 5. The summed E-state index contributed by atoms with van der Waals surface area (Å²) in [7, 11) is 0. The van der Waals surface area contributed by atoms with Crippen molar-refractivity contribution in [3.8, 4) is 0 Å². The van der Waals surface area contributed by atoms with E-state index in [0.29, 0.717) is 0 Å². The summed E-state index contributed by atoms with van der Waals surface area (Å²) in [4.78, 5) is 0. The third kappa shape index (κ3) is 0.875. The third-order valence-electron chi connectivity index (χ3n) is 6.64. The lowest BCUT2D eigenvalue weighted by atomic mass is 9.56. The normalized spacial score (nSPS) is 52.2. The molecule has 15 heavy (non-hydrogen) atoms. The van der Waals surface area contributed by atoms with Crippen LogP contribution in [0.15, 0.2) is 0 Å². The van der Waals surface area contributed by atoms with Crippen LogP contribution < -0.4 is 0 Å². The van der Waals surface area contributed by atoms with Crippen molar-refractivity contribution in [1.29, 1.82) is 0 Å². The van der Waals surface area contributed by atoms with E-state index in [0.717, 1.165) is 16.7 Å². The van der Waals surface area contributed by atoms with Gasteiger partial charge < -0.3 is 0 Å². The second-order valence-electron chi connectivity index (χ2n) is 6.50. The Morgan fingerprint density at radius 3 is 2.47 bits per heavy atom. The van der Waals surface area contributed by atoms with Gasteiger partial charge in [-0.2, -0.15) is 0 Å². The maximum atomic E-state index is 2.56. The Bertz CT molecular complexity index is 269. The summed E-state index contributed by atoms with van der Waals surface area (Å²) in [5.41, 5.74) is 1.74. The highest BCUT2D eigenvalue weighted by molar-refractivity contribution is 5.34. The molecule has 0 heteroatoms. The van der Waals surface area contributed by atoms with Crippen LogP contribution in [0.4, 0.5) is 0 Å². The van der Waals surface area contributed by atoms with E-state index in [-0.39, 0.29) is 0 Å². The minimum absolute atomic E-state index is 0.824. The zero-order valence-corrected chi connectivity index (χ0v) is 10.7. The van der Waals surface area contributed by atoms with E-state index in [1.165, 1.54) is 37.5 Å². The lowest BCUT2D eigenvalue weighted by Crippen LogP contribution is -2.40. The number of hydrogen-bond acceptors (Lipinski definition) is 0. The van der Waals surface area contributed by atoms with E-state index in [2.05, 4.69) is 20.8 Å². The molecule has 0 amide bonds. The lowest BCUT2D eigenvalue weighted by molar-refractivity contribution is 0.0113. The molecule has 5 atom stereocenters. The van der Waals surface area contributed by atoms with Gasteiger partial charge in [0, 0.05) is 0 Å². The van der Waals surface area contributed by atoms with E-state index in [1.807, 2.05) is 0 Å². The zero-order chi connectivity index (χ0) is 10.7. The van der Waals surface area contributed by atoms with E-state index in [9.17, 15) is 0 Å². The molecule has 3 saturated carbocycles. The molecule has 0 aromatic heterocycles. The van der Waals surface area contributed by atoms with Gasteiger partial charge in [-0.3, -0.25) is 0 Å². The molecule has 0 N–H and O–H groups in total. The highest BCUT2D eigenvalue weighted by atomic mass is 14.9. The van der Waals surface area contributed by atoms with Crippen molar-refractivity contribution >= 4 is 0 Å². The summed E-state index contributed by atoms with van der Waals surface area (Å²) in [6.07, 6.45) is 10.6. The van der Waals surface area contributed by atoms with Crippen molar-refractivity contribution in [2.45, 2.75) is 65.7 Å². The molecular weight excluding hydrogens is 180 g/mol. The van der Waals surface area contributed by atoms with Crippen LogP contribution in [-0.2, 0) is 0 Å². The highest BCUT2D eigenvalue weighted by Crippen LogP contribution is 2.93. The number of hydrogen-bond donors (Lipinski definition) is 0. The summed E-state index contributed by atoms with van der Waals surface area (Å²) in [5, 5.41) is 0. The van der Waals surface area contributed by atoms with Crippen molar-refractivity contribution < 1.29 is 0 Å². The third-order valence-corrected chi connectivity index (χ3v) is 6.64. The van der Waals surface area contributed by atoms with Crippen LogP contribution in [0.1, 0.15) is 65.7 Å². The van der Waals surface area contributed by atoms with Crippen LogP contribution in [0.3, 0.4) is 0 Å². The first kappa shape index (κ1) is 10.2. The molecule has 3 aliphatic carbocycles. The molecule has 0 radical (unpaired) electrons. The van der Waals surface area contributed by atoms with Gasteiger partial charge in [-0.15, -0.1) is 0 Å². The van der Waals surface area contributed by atoms with Gasteiger partial charge in [0.05, 0.1) is 0 Å². The van der Waals surface area contributed by atoms with Crippen molar-refractivity contribution in [2.24, 2.45) is 28.6 Å². The van der Waals surface area contributed by atoms with Crippen LogP contribution in [-0.4, -0.2) is 0 Å². The predicted octanol–water partition coefficient (Wildman–Crippen LogP) is 4.64. The van der Waals surface area contributed by atoms with E-state index in [1.54, 1.807) is 19.3 Å². The largest absolute Gasteiger partial charge is 0.0654 e. The molecule has 0 aromatic carbocycles. The lowest BCUT2D eigenvalue weighted by Gasteiger charge is -2.48. The quantitative estimate of drug-likeness (QED) is 0.615. The first-order chi connectivity index (χ1) is 7.24. The topological polar surface area (TPSA) is 0 Å². The van der Waals surface area contributed by atoms with Crippen molar-refractivity contribution in [1.82, 2.24) is 0 Å². The molecule has 86 valence electrons. The van der Waals surface area contributed by atoms with Crippen molar-refractivity contribution in [3.05, 3.63) is 0 Å². The Morgan fingerprint density at radius 1 is 1.33 bits per heavy atom. The van der Waals surface area contributed by atoms with E-state index >= 15 is 0 Å². The molecular formula is C15H26. The van der Waals surface area contributed by atoms with Crippen molar-refractivity contribution in [2.75, 3.05) is 0 Å².